The molecule has 0 radical (unpaired) electrons. The van der Waals surface area contributed by atoms with Crippen molar-refractivity contribution < 1.29 is 22.3 Å². The number of methoxy groups -OCH3 is 1. The van der Waals surface area contributed by atoms with Gasteiger partial charge in [-0.25, -0.2) is 4.39 Å². The Labute approximate surface area is 118 Å². The topological polar surface area (TPSA) is 47.3 Å². The summed E-state index contributed by atoms with van der Waals surface area (Å²) < 4.78 is 56.1. The minimum Gasteiger partial charge on any atom is -0.497 e. The molecule has 0 aliphatic carbocycles. The fraction of sp³-hybridized carbons (Fsp3) is 0.143. The highest BCUT2D eigenvalue weighted by Crippen LogP contribution is 2.34. The monoisotopic (exact) mass is 300 g/mol. The van der Waals surface area contributed by atoms with Crippen LogP contribution in [0.4, 0.5) is 34.6 Å². The Hall–Kier alpha value is -2.44. The molecule has 0 bridgehead atoms. The number of benzene rings is 2. The first-order chi connectivity index (χ1) is 9.79. The van der Waals surface area contributed by atoms with E-state index in [0.717, 1.165) is 6.07 Å². The predicted molar refractivity (Wildman–Crippen MR) is 72.1 cm³/mol. The Morgan fingerprint density at radius 3 is 2.38 bits per heavy atom. The highest BCUT2D eigenvalue weighted by atomic mass is 19.4. The molecule has 2 rings (SSSR count). The van der Waals surface area contributed by atoms with E-state index < -0.39 is 17.6 Å². The van der Waals surface area contributed by atoms with Crippen LogP contribution in [0.2, 0.25) is 0 Å². The van der Waals surface area contributed by atoms with Crippen molar-refractivity contribution in [2.75, 3.05) is 18.2 Å². The summed E-state index contributed by atoms with van der Waals surface area (Å²) in [6.45, 7) is 0. The zero-order chi connectivity index (χ0) is 15.6. The summed E-state index contributed by atoms with van der Waals surface area (Å²) in [4.78, 5) is 0. The Morgan fingerprint density at radius 2 is 1.76 bits per heavy atom. The van der Waals surface area contributed by atoms with Crippen molar-refractivity contribution in [1.82, 2.24) is 0 Å². The third-order valence-electron chi connectivity index (χ3n) is 2.72. The fourth-order valence-electron chi connectivity index (χ4n) is 1.80. The molecule has 112 valence electrons. The summed E-state index contributed by atoms with van der Waals surface area (Å²) in [6.07, 6.45) is -4.75. The van der Waals surface area contributed by atoms with Gasteiger partial charge in [0.15, 0.2) is 0 Å². The first kappa shape index (κ1) is 15.0. The maximum atomic E-state index is 13.2. The normalized spacial score (nSPS) is 11.3. The van der Waals surface area contributed by atoms with Gasteiger partial charge in [0.1, 0.15) is 11.6 Å². The molecule has 0 fully saturated rings. The van der Waals surface area contributed by atoms with Crippen LogP contribution in [0, 0.1) is 5.82 Å². The summed E-state index contributed by atoms with van der Waals surface area (Å²) in [5.74, 6) is -0.867. The first-order valence-corrected chi connectivity index (χ1v) is 5.88. The minimum absolute atomic E-state index is 0.0939. The van der Waals surface area contributed by atoms with Gasteiger partial charge in [0.2, 0.25) is 0 Å². The van der Waals surface area contributed by atoms with Crippen LogP contribution in [0.5, 0.6) is 5.75 Å². The van der Waals surface area contributed by atoms with E-state index in [1.165, 1.54) is 19.2 Å². The molecule has 21 heavy (non-hydrogen) atoms. The Kier molecular flexibility index (Phi) is 3.93. The number of nitrogens with two attached hydrogens (primary N) is 1. The van der Waals surface area contributed by atoms with E-state index in [1.807, 2.05) is 0 Å². The molecule has 0 aliphatic rings. The summed E-state index contributed by atoms with van der Waals surface area (Å²) >= 11 is 0. The van der Waals surface area contributed by atoms with Crippen molar-refractivity contribution in [1.29, 1.82) is 0 Å². The van der Waals surface area contributed by atoms with Gasteiger partial charge in [-0.2, -0.15) is 13.2 Å². The maximum Gasteiger partial charge on any atom is 0.419 e. The maximum absolute atomic E-state index is 13.2. The second-order valence-electron chi connectivity index (χ2n) is 4.31. The van der Waals surface area contributed by atoms with Crippen LogP contribution in [-0.2, 0) is 6.18 Å². The largest absolute Gasteiger partial charge is 0.497 e. The van der Waals surface area contributed by atoms with Crippen molar-refractivity contribution >= 4 is 17.1 Å². The van der Waals surface area contributed by atoms with Gasteiger partial charge in [0, 0.05) is 29.2 Å². The van der Waals surface area contributed by atoms with Crippen LogP contribution in [0.25, 0.3) is 0 Å². The lowest BCUT2D eigenvalue weighted by molar-refractivity contribution is -0.139. The Morgan fingerprint density at radius 1 is 1.05 bits per heavy atom. The van der Waals surface area contributed by atoms with E-state index >= 15 is 0 Å². The number of hydrogen-bond acceptors (Lipinski definition) is 3. The molecule has 7 heteroatoms. The molecule has 0 spiro atoms. The predicted octanol–water partition coefficient (Wildman–Crippen LogP) is 4.18. The number of alkyl halides is 3. The Balaban J connectivity index is 2.34. The number of halogens is 4. The molecule has 0 saturated carbocycles. The van der Waals surface area contributed by atoms with E-state index in [2.05, 4.69) is 5.32 Å². The lowest BCUT2D eigenvalue weighted by Crippen LogP contribution is -2.08. The molecule has 0 saturated heterocycles. The summed E-state index contributed by atoms with van der Waals surface area (Å²) in [7, 11) is 1.44. The lowest BCUT2D eigenvalue weighted by Gasteiger charge is -2.13. The molecule has 2 aromatic rings. The molecular formula is C14H12F4N2O. The molecule has 0 heterocycles. The van der Waals surface area contributed by atoms with Gasteiger partial charge in [-0.05, 0) is 24.3 Å². The molecule has 0 atom stereocenters. The van der Waals surface area contributed by atoms with Gasteiger partial charge in [0.05, 0.1) is 12.7 Å². The number of ether oxygens (including phenoxy) is 1. The minimum atomic E-state index is -4.75. The molecule has 3 N–H and O–H groups in total. The van der Waals surface area contributed by atoms with Crippen LogP contribution in [-0.4, -0.2) is 7.11 Å². The third-order valence-corrected chi connectivity index (χ3v) is 2.72. The fourth-order valence-corrected chi connectivity index (χ4v) is 1.80. The molecule has 0 aliphatic heterocycles. The zero-order valence-corrected chi connectivity index (χ0v) is 11.0. The SMILES string of the molecule is COc1cc(N)cc(Nc2ccc(F)c(C(F)(F)F)c2)c1. The molecule has 0 unspecified atom stereocenters. The Bertz CT molecular complexity index is 656. The summed E-state index contributed by atoms with van der Waals surface area (Å²) in [5.41, 5.74) is 5.24. The summed E-state index contributed by atoms with van der Waals surface area (Å²) in [5, 5.41) is 2.73. The van der Waals surface area contributed by atoms with Crippen molar-refractivity contribution in [2.45, 2.75) is 6.18 Å². The average molecular weight is 300 g/mol. The number of rotatable bonds is 3. The van der Waals surface area contributed by atoms with Crippen LogP contribution < -0.4 is 15.8 Å². The smallest absolute Gasteiger partial charge is 0.419 e. The second-order valence-corrected chi connectivity index (χ2v) is 4.31. The second kappa shape index (κ2) is 5.51. The van der Waals surface area contributed by atoms with E-state index in [0.29, 0.717) is 23.2 Å². The number of hydrogen-bond donors (Lipinski definition) is 2. The van der Waals surface area contributed by atoms with Crippen LogP contribution in [0.15, 0.2) is 36.4 Å². The zero-order valence-electron chi connectivity index (χ0n) is 11.0. The van der Waals surface area contributed by atoms with E-state index in [-0.39, 0.29) is 5.69 Å². The molecule has 0 amide bonds. The first-order valence-electron chi connectivity index (χ1n) is 5.88. The van der Waals surface area contributed by atoms with Crippen LogP contribution >= 0.6 is 0 Å². The van der Waals surface area contributed by atoms with E-state index in [9.17, 15) is 17.6 Å². The highest BCUT2D eigenvalue weighted by Gasteiger charge is 2.34. The van der Waals surface area contributed by atoms with Gasteiger partial charge in [-0.1, -0.05) is 0 Å². The summed E-state index contributed by atoms with van der Waals surface area (Å²) in [6, 6.07) is 7.32. The van der Waals surface area contributed by atoms with E-state index in [1.54, 1.807) is 12.1 Å². The average Bonchev–Trinajstić information content (AvgIpc) is 2.39. The van der Waals surface area contributed by atoms with Crippen molar-refractivity contribution in [3.8, 4) is 5.75 Å². The van der Waals surface area contributed by atoms with Gasteiger partial charge < -0.3 is 15.8 Å². The molecule has 0 aromatic heterocycles. The third kappa shape index (κ3) is 3.56. The van der Waals surface area contributed by atoms with Gasteiger partial charge in [-0.3, -0.25) is 0 Å². The highest BCUT2D eigenvalue weighted by molar-refractivity contribution is 5.66. The van der Waals surface area contributed by atoms with Gasteiger partial charge >= 0.3 is 6.18 Å². The van der Waals surface area contributed by atoms with Crippen molar-refractivity contribution in [3.63, 3.8) is 0 Å². The van der Waals surface area contributed by atoms with Crippen LogP contribution in [0.1, 0.15) is 5.56 Å². The van der Waals surface area contributed by atoms with Gasteiger partial charge in [0.25, 0.3) is 0 Å². The van der Waals surface area contributed by atoms with Crippen LogP contribution in [0.3, 0.4) is 0 Å². The number of nitrogens with one attached hydrogen (secondary N) is 1. The quantitative estimate of drug-likeness (QED) is 0.660. The molecular weight excluding hydrogens is 288 g/mol. The van der Waals surface area contributed by atoms with Crippen molar-refractivity contribution in [2.24, 2.45) is 0 Å². The lowest BCUT2D eigenvalue weighted by atomic mass is 10.1. The number of anilines is 3. The van der Waals surface area contributed by atoms with Gasteiger partial charge in [-0.15, -0.1) is 0 Å². The standard InChI is InChI=1S/C14H12F4N2O/c1-21-11-5-8(19)4-10(6-11)20-9-2-3-13(15)12(7-9)14(16,17)18/h2-7,20H,19H2,1H3. The van der Waals surface area contributed by atoms with E-state index in [4.69, 9.17) is 10.5 Å². The molecule has 3 nitrogen and oxygen atoms in total. The van der Waals surface area contributed by atoms with Crippen molar-refractivity contribution in [3.05, 3.63) is 47.8 Å². The molecule has 2 aromatic carbocycles. The number of nitrogen functional groups attached to an aromatic ring is 1.